The molecule has 0 aliphatic heterocycles. The Balaban J connectivity index is 2.27. The van der Waals surface area contributed by atoms with Gasteiger partial charge in [0.25, 0.3) is 0 Å². The lowest BCUT2D eigenvalue weighted by Crippen LogP contribution is -2.30. The van der Waals surface area contributed by atoms with Gasteiger partial charge in [0.15, 0.2) is 0 Å². The van der Waals surface area contributed by atoms with Crippen LogP contribution in [0.3, 0.4) is 0 Å². The molecule has 3 N–H and O–H groups in total. The molecule has 2 rings (SSSR count). The standard InChI is InChI=1S/C16H18Br2N2O/c1-10-4-3-5-12(16(10)18)14(20-19)9-11-6-7-15(21-2)13(17)8-11/h3-8,14,20H,9,19H2,1-2H3. The Morgan fingerprint density at radius 1 is 1.24 bits per heavy atom. The Morgan fingerprint density at radius 3 is 2.62 bits per heavy atom. The SMILES string of the molecule is COc1ccc(CC(NN)c2cccc(C)c2Br)cc1Br. The Bertz CT molecular complexity index is 632. The molecule has 0 bridgehead atoms. The predicted molar refractivity (Wildman–Crippen MR) is 93.3 cm³/mol. The lowest BCUT2D eigenvalue weighted by Gasteiger charge is -2.19. The lowest BCUT2D eigenvalue weighted by atomic mass is 9.98. The minimum atomic E-state index is 0.0413. The molecule has 2 aromatic rings. The molecular formula is C16H18Br2N2O. The van der Waals surface area contributed by atoms with Gasteiger partial charge < -0.3 is 4.74 Å². The van der Waals surface area contributed by atoms with Crippen molar-refractivity contribution >= 4 is 31.9 Å². The van der Waals surface area contributed by atoms with E-state index < -0.39 is 0 Å². The third-order valence-electron chi connectivity index (χ3n) is 3.45. The van der Waals surface area contributed by atoms with E-state index in [0.717, 1.165) is 26.7 Å². The van der Waals surface area contributed by atoms with Crippen molar-refractivity contribution in [3.63, 3.8) is 0 Å². The van der Waals surface area contributed by atoms with Crippen molar-refractivity contribution in [3.05, 3.63) is 62.0 Å². The van der Waals surface area contributed by atoms with Crippen LogP contribution in [0.1, 0.15) is 22.7 Å². The second kappa shape index (κ2) is 7.40. The van der Waals surface area contributed by atoms with Crippen molar-refractivity contribution in [1.82, 2.24) is 5.43 Å². The van der Waals surface area contributed by atoms with Gasteiger partial charge in [0.2, 0.25) is 0 Å². The summed E-state index contributed by atoms with van der Waals surface area (Å²) in [7, 11) is 1.66. The molecule has 0 amide bonds. The second-order valence-corrected chi connectivity index (χ2v) is 6.52. The van der Waals surface area contributed by atoms with Crippen molar-refractivity contribution in [1.29, 1.82) is 0 Å². The molecule has 0 aliphatic rings. The second-order valence-electron chi connectivity index (χ2n) is 4.87. The van der Waals surface area contributed by atoms with Crippen LogP contribution in [0.5, 0.6) is 5.75 Å². The molecule has 0 aliphatic carbocycles. The summed E-state index contributed by atoms with van der Waals surface area (Å²) in [4.78, 5) is 0. The molecule has 1 atom stereocenters. The molecule has 0 radical (unpaired) electrons. The fraction of sp³-hybridized carbons (Fsp3) is 0.250. The number of halogens is 2. The topological polar surface area (TPSA) is 47.3 Å². The normalized spacial score (nSPS) is 12.2. The fourth-order valence-electron chi connectivity index (χ4n) is 2.27. The van der Waals surface area contributed by atoms with Crippen LogP contribution in [-0.4, -0.2) is 7.11 Å². The van der Waals surface area contributed by atoms with Crippen LogP contribution >= 0.6 is 31.9 Å². The number of nitrogens with one attached hydrogen (secondary N) is 1. The molecule has 2 aromatic carbocycles. The highest BCUT2D eigenvalue weighted by Gasteiger charge is 2.15. The van der Waals surface area contributed by atoms with E-state index in [1.54, 1.807) is 7.11 Å². The molecule has 3 nitrogen and oxygen atoms in total. The number of methoxy groups -OCH3 is 1. The summed E-state index contributed by atoms with van der Waals surface area (Å²) in [6.45, 7) is 2.07. The lowest BCUT2D eigenvalue weighted by molar-refractivity contribution is 0.412. The van der Waals surface area contributed by atoms with Crippen LogP contribution in [0.4, 0.5) is 0 Å². The first-order valence-corrected chi connectivity index (χ1v) is 8.19. The summed E-state index contributed by atoms with van der Waals surface area (Å²) < 4.78 is 7.30. The van der Waals surface area contributed by atoms with Gasteiger partial charge in [0.05, 0.1) is 17.6 Å². The highest BCUT2D eigenvalue weighted by atomic mass is 79.9. The van der Waals surface area contributed by atoms with Gasteiger partial charge in [-0.15, -0.1) is 0 Å². The molecule has 0 heterocycles. The van der Waals surface area contributed by atoms with Gasteiger partial charge in [-0.3, -0.25) is 11.3 Å². The molecule has 0 spiro atoms. The zero-order valence-corrected chi connectivity index (χ0v) is 15.2. The average molecular weight is 414 g/mol. The number of hydrazine groups is 1. The Kier molecular flexibility index (Phi) is 5.81. The Hall–Kier alpha value is -0.880. The summed E-state index contributed by atoms with van der Waals surface area (Å²) in [6, 6.07) is 12.3. The van der Waals surface area contributed by atoms with Gasteiger partial charge in [-0.1, -0.05) is 40.2 Å². The molecule has 0 fully saturated rings. The van der Waals surface area contributed by atoms with Gasteiger partial charge in [-0.05, 0) is 58.1 Å². The van der Waals surface area contributed by atoms with Gasteiger partial charge in [0, 0.05) is 4.47 Å². The number of nitrogens with two attached hydrogens (primary N) is 1. The van der Waals surface area contributed by atoms with E-state index >= 15 is 0 Å². The maximum Gasteiger partial charge on any atom is 0.133 e. The number of ether oxygens (including phenoxy) is 1. The summed E-state index contributed by atoms with van der Waals surface area (Å²) in [5, 5.41) is 0. The Labute approximate surface area is 142 Å². The minimum absolute atomic E-state index is 0.0413. The Morgan fingerprint density at radius 2 is 2.00 bits per heavy atom. The maximum atomic E-state index is 5.76. The first kappa shape index (κ1) is 16.5. The predicted octanol–water partition coefficient (Wildman–Crippen LogP) is 4.28. The maximum absolute atomic E-state index is 5.76. The third-order valence-corrected chi connectivity index (χ3v) is 5.16. The van der Waals surface area contributed by atoms with E-state index in [0.29, 0.717) is 0 Å². The molecule has 21 heavy (non-hydrogen) atoms. The zero-order chi connectivity index (χ0) is 15.4. The molecule has 0 saturated carbocycles. The first-order valence-electron chi connectivity index (χ1n) is 6.60. The van der Waals surface area contributed by atoms with Crippen molar-refractivity contribution in [2.24, 2.45) is 5.84 Å². The summed E-state index contributed by atoms with van der Waals surface area (Å²) in [6.07, 6.45) is 0.793. The number of hydrogen-bond donors (Lipinski definition) is 2. The van der Waals surface area contributed by atoms with Crippen molar-refractivity contribution in [3.8, 4) is 5.75 Å². The van der Waals surface area contributed by atoms with Crippen LogP contribution in [-0.2, 0) is 6.42 Å². The van der Waals surface area contributed by atoms with Crippen LogP contribution < -0.4 is 16.0 Å². The van der Waals surface area contributed by atoms with E-state index in [2.05, 4.69) is 68.5 Å². The smallest absolute Gasteiger partial charge is 0.133 e. The van der Waals surface area contributed by atoms with Crippen molar-refractivity contribution in [2.45, 2.75) is 19.4 Å². The highest BCUT2D eigenvalue weighted by Crippen LogP contribution is 2.31. The van der Waals surface area contributed by atoms with E-state index in [9.17, 15) is 0 Å². The number of benzene rings is 2. The largest absolute Gasteiger partial charge is 0.496 e. The molecule has 0 saturated heterocycles. The summed E-state index contributed by atoms with van der Waals surface area (Å²) in [5.41, 5.74) is 6.44. The van der Waals surface area contributed by atoms with Crippen LogP contribution in [0.15, 0.2) is 45.3 Å². The summed E-state index contributed by atoms with van der Waals surface area (Å²) >= 11 is 7.16. The minimum Gasteiger partial charge on any atom is -0.496 e. The van der Waals surface area contributed by atoms with Crippen LogP contribution in [0.2, 0.25) is 0 Å². The highest BCUT2D eigenvalue weighted by molar-refractivity contribution is 9.10. The van der Waals surface area contributed by atoms with Crippen molar-refractivity contribution in [2.75, 3.05) is 7.11 Å². The average Bonchev–Trinajstić information content (AvgIpc) is 2.48. The quantitative estimate of drug-likeness (QED) is 0.568. The first-order chi connectivity index (χ1) is 10.1. The molecule has 1 unspecified atom stereocenters. The monoisotopic (exact) mass is 412 g/mol. The molecule has 0 aromatic heterocycles. The van der Waals surface area contributed by atoms with Gasteiger partial charge in [-0.2, -0.15) is 0 Å². The van der Waals surface area contributed by atoms with Crippen molar-refractivity contribution < 1.29 is 4.74 Å². The fourth-order valence-corrected chi connectivity index (χ4v) is 3.40. The van der Waals surface area contributed by atoms with Gasteiger partial charge >= 0.3 is 0 Å². The number of rotatable bonds is 5. The number of hydrogen-bond acceptors (Lipinski definition) is 3. The van der Waals surface area contributed by atoms with Gasteiger partial charge in [0.1, 0.15) is 5.75 Å². The van der Waals surface area contributed by atoms with Gasteiger partial charge in [-0.25, -0.2) is 0 Å². The van der Waals surface area contributed by atoms with E-state index in [1.165, 1.54) is 11.1 Å². The molecule has 112 valence electrons. The van der Waals surface area contributed by atoms with Crippen LogP contribution in [0.25, 0.3) is 0 Å². The van der Waals surface area contributed by atoms with Crippen LogP contribution in [0, 0.1) is 6.92 Å². The van der Waals surface area contributed by atoms with E-state index in [4.69, 9.17) is 10.6 Å². The third kappa shape index (κ3) is 3.86. The molecule has 5 heteroatoms. The zero-order valence-electron chi connectivity index (χ0n) is 12.0. The van der Waals surface area contributed by atoms with E-state index in [-0.39, 0.29) is 6.04 Å². The summed E-state index contributed by atoms with van der Waals surface area (Å²) in [5.74, 6) is 6.59. The molecular weight excluding hydrogens is 396 g/mol. The van der Waals surface area contributed by atoms with E-state index in [1.807, 2.05) is 12.1 Å². The number of aryl methyl sites for hydroxylation is 1.